The molecule has 3 aromatic rings. The molecule has 106 valence electrons. The fraction of sp³-hybridized carbons (Fsp3) is 0.211. The van der Waals surface area contributed by atoms with Crippen LogP contribution >= 0.6 is 0 Å². The summed E-state index contributed by atoms with van der Waals surface area (Å²) in [6.45, 7) is 6.33. The average Bonchev–Trinajstić information content (AvgIpc) is 2.75. The van der Waals surface area contributed by atoms with Crippen LogP contribution in [0.1, 0.15) is 28.1 Å². The molecule has 0 aliphatic rings. The van der Waals surface area contributed by atoms with Crippen molar-refractivity contribution in [1.82, 2.24) is 0 Å². The minimum absolute atomic E-state index is 0.857. The van der Waals surface area contributed by atoms with Crippen LogP contribution in [0.25, 0.3) is 23.3 Å². The van der Waals surface area contributed by atoms with Crippen LogP contribution in [0.3, 0.4) is 0 Å². The fourth-order valence-electron chi connectivity index (χ4n) is 2.41. The average molecular weight is 278 g/mol. The molecule has 21 heavy (non-hydrogen) atoms. The van der Waals surface area contributed by atoms with Gasteiger partial charge in [0.1, 0.15) is 7.05 Å². The zero-order valence-corrected chi connectivity index (χ0v) is 13.0. The smallest absolute Gasteiger partial charge is 0.373 e. The molecule has 2 aromatic carbocycles. The van der Waals surface area contributed by atoms with Gasteiger partial charge in [0.15, 0.2) is 0 Å². The lowest BCUT2D eigenvalue weighted by atomic mass is 10.1. The molecular formula is C19H20NO+. The highest BCUT2D eigenvalue weighted by atomic mass is 16.3. The lowest BCUT2D eigenvalue weighted by Crippen LogP contribution is -2.29. The van der Waals surface area contributed by atoms with Crippen LogP contribution in [0.2, 0.25) is 0 Å². The lowest BCUT2D eigenvalue weighted by molar-refractivity contribution is -0.651. The molecule has 0 fully saturated rings. The number of rotatable bonds is 2. The van der Waals surface area contributed by atoms with Crippen LogP contribution in [0.4, 0.5) is 0 Å². The first-order valence-electron chi connectivity index (χ1n) is 7.19. The van der Waals surface area contributed by atoms with Crippen LogP contribution in [-0.4, -0.2) is 0 Å². The molecule has 0 unspecified atom stereocenters. The third-order valence-electron chi connectivity index (χ3n) is 3.98. The summed E-state index contributed by atoms with van der Waals surface area (Å²) in [4.78, 5) is 0. The largest absolute Gasteiger partial charge is 0.398 e. The monoisotopic (exact) mass is 278 g/mol. The van der Waals surface area contributed by atoms with Crippen molar-refractivity contribution in [2.24, 2.45) is 7.05 Å². The Morgan fingerprint density at radius 3 is 2.29 bits per heavy atom. The number of hydrogen-bond donors (Lipinski definition) is 0. The minimum atomic E-state index is 0.857. The van der Waals surface area contributed by atoms with E-state index in [0.29, 0.717) is 0 Å². The highest BCUT2D eigenvalue weighted by Crippen LogP contribution is 2.19. The zero-order valence-electron chi connectivity index (χ0n) is 13.0. The molecule has 0 atom stereocenters. The molecule has 0 amide bonds. The molecule has 0 aliphatic carbocycles. The predicted octanol–water partition coefficient (Wildman–Crippen LogP) is 4.35. The summed E-state index contributed by atoms with van der Waals surface area (Å²) in [5.74, 6) is 0.857. The number of aromatic nitrogens is 1. The molecule has 3 rings (SSSR count). The number of oxazole rings is 1. The van der Waals surface area contributed by atoms with E-state index >= 15 is 0 Å². The second kappa shape index (κ2) is 5.21. The van der Waals surface area contributed by atoms with E-state index in [1.807, 2.05) is 13.1 Å². The van der Waals surface area contributed by atoms with Crippen LogP contribution in [0.5, 0.6) is 0 Å². The summed E-state index contributed by atoms with van der Waals surface area (Å²) in [7, 11) is 2.04. The van der Waals surface area contributed by atoms with E-state index in [1.165, 1.54) is 22.3 Å². The first-order chi connectivity index (χ1) is 10.0. The zero-order chi connectivity index (χ0) is 15.0. The molecule has 0 N–H and O–H groups in total. The van der Waals surface area contributed by atoms with Gasteiger partial charge in [0, 0.05) is 6.07 Å². The molecule has 0 bridgehead atoms. The summed E-state index contributed by atoms with van der Waals surface area (Å²) >= 11 is 0. The Hall–Kier alpha value is -2.35. The molecule has 0 saturated carbocycles. The van der Waals surface area contributed by atoms with Gasteiger partial charge in [-0.3, -0.25) is 0 Å². The summed E-state index contributed by atoms with van der Waals surface area (Å²) < 4.78 is 8.05. The van der Waals surface area contributed by atoms with Gasteiger partial charge < -0.3 is 4.42 Å². The van der Waals surface area contributed by atoms with Gasteiger partial charge in [0.25, 0.3) is 5.52 Å². The van der Waals surface area contributed by atoms with Gasteiger partial charge in [-0.2, -0.15) is 4.57 Å². The Morgan fingerprint density at radius 2 is 1.57 bits per heavy atom. The standard InChI is InChI=1S/C19H20NO/c1-13-5-7-16(8-6-13)9-10-19-20(4)17-11-14(2)15(3)12-18(17)21-19/h5-12H,1-4H3/q+1/b10-9+. The van der Waals surface area contributed by atoms with Crippen molar-refractivity contribution in [2.45, 2.75) is 20.8 Å². The third-order valence-corrected chi connectivity index (χ3v) is 3.98. The number of hydrogen-bond acceptors (Lipinski definition) is 1. The van der Waals surface area contributed by atoms with Gasteiger partial charge in [0.2, 0.25) is 5.58 Å². The van der Waals surface area contributed by atoms with E-state index in [4.69, 9.17) is 4.42 Å². The maximum Gasteiger partial charge on any atom is 0.373 e. The Balaban J connectivity index is 2.01. The first-order valence-corrected chi connectivity index (χ1v) is 7.19. The van der Waals surface area contributed by atoms with E-state index in [2.05, 4.69) is 67.8 Å². The van der Waals surface area contributed by atoms with Crippen molar-refractivity contribution < 1.29 is 8.98 Å². The molecular weight excluding hydrogens is 258 g/mol. The maximum absolute atomic E-state index is 5.96. The fourth-order valence-corrected chi connectivity index (χ4v) is 2.41. The number of benzene rings is 2. The summed E-state index contributed by atoms with van der Waals surface area (Å²) in [5, 5.41) is 0. The molecule has 0 aliphatic heterocycles. The molecule has 2 nitrogen and oxygen atoms in total. The highest BCUT2D eigenvalue weighted by molar-refractivity contribution is 5.74. The Kier molecular flexibility index (Phi) is 3.38. The minimum Gasteiger partial charge on any atom is -0.398 e. The third kappa shape index (κ3) is 2.62. The summed E-state index contributed by atoms with van der Waals surface area (Å²) in [6, 6.07) is 12.7. The van der Waals surface area contributed by atoms with Crippen molar-refractivity contribution in [1.29, 1.82) is 0 Å². The van der Waals surface area contributed by atoms with E-state index < -0.39 is 0 Å². The van der Waals surface area contributed by atoms with Crippen molar-refractivity contribution in [3.8, 4) is 0 Å². The SMILES string of the molecule is Cc1ccc(/C=C/c2oc3cc(C)c(C)cc3[n+]2C)cc1. The quantitative estimate of drug-likeness (QED) is 0.637. The molecule has 0 radical (unpaired) electrons. The van der Waals surface area contributed by atoms with Gasteiger partial charge in [-0.15, -0.1) is 0 Å². The molecule has 0 spiro atoms. The van der Waals surface area contributed by atoms with Gasteiger partial charge in [-0.25, -0.2) is 0 Å². The normalized spacial score (nSPS) is 11.6. The molecule has 1 heterocycles. The van der Waals surface area contributed by atoms with E-state index in [0.717, 1.165) is 17.0 Å². The Morgan fingerprint density at radius 1 is 0.905 bits per heavy atom. The maximum atomic E-state index is 5.96. The van der Waals surface area contributed by atoms with Crippen molar-refractivity contribution >= 4 is 23.3 Å². The van der Waals surface area contributed by atoms with Crippen LogP contribution in [0.15, 0.2) is 40.8 Å². The summed E-state index contributed by atoms with van der Waals surface area (Å²) in [6.07, 6.45) is 4.10. The van der Waals surface area contributed by atoms with Crippen molar-refractivity contribution in [2.75, 3.05) is 0 Å². The van der Waals surface area contributed by atoms with Crippen LogP contribution in [-0.2, 0) is 7.05 Å². The number of fused-ring (bicyclic) bond motifs is 1. The second-order valence-electron chi connectivity index (χ2n) is 5.65. The van der Waals surface area contributed by atoms with Crippen LogP contribution in [0, 0.1) is 20.8 Å². The summed E-state index contributed by atoms with van der Waals surface area (Å²) in [5.41, 5.74) is 7.05. The van der Waals surface area contributed by atoms with E-state index in [-0.39, 0.29) is 0 Å². The van der Waals surface area contributed by atoms with Gasteiger partial charge in [-0.1, -0.05) is 29.8 Å². The molecule has 0 saturated heterocycles. The number of nitrogens with zero attached hydrogens (tertiary/aromatic N) is 1. The van der Waals surface area contributed by atoms with Gasteiger partial charge >= 0.3 is 5.89 Å². The Labute approximate surface area is 125 Å². The van der Waals surface area contributed by atoms with E-state index in [9.17, 15) is 0 Å². The highest BCUT2D eigenvalue weighted by Gasteiger charge is 2.17. The van der Waals surface area contributed by atoms with Crippen molar-refractivity contribution in [3.05, 3.63) is 64.5 Å². The van der Waals surface area contributed by atoms with Crippen LogP contribution < -0.4 is 4.57 Å². The topological polar surface area (TPSA) is 17.0 Å². The number of aryl methyl sites for hydroxylation is 4. The van der Waals surface area contributed by atoms with Crippen molar-refractivity contribution in [3.63, 3.8) is 0 Å². The van der Waals surface area contributed by atoms with Gasteiger partial charge in [-0.05, 0) is 49.6 Å². The van der Waals surface area contributed by atoms with Gasteiger partial charge in [0.05, 0.1) is 6.08 Å². The van der Waals surface area contributed by atoms with E-state index in [1.54, 1.807) is 0 Å². The predicted molar refractivity (Wildman–Crippen MR) is 87.0 cm³/mol. The first kappa shape index (κ1) is 13.6. The lowest BCUT2D eigenvalue weighted by Gasteiger charge is -1.94. The second-order valence-corrected chi connectivity index (χ2v) is 5.65. The molecule has 1 aromatic heterocycles. The Bertz CT molecular complexity index is 823. The molecule has 2 heteroatoms.